The van der Waals surface area contributed by atoms with E-state index in [0.717, 1.165) is 6.42 Å². The second kappa shape index (κ2) is 5.52. The standard InChI is InChI=1S/C12H24N2/c1-4-5-6-9-14(3)11-12(2)7-8-13-10-12/h4,13H,1,5-11H2,2-3H3. The van der Waals surface area contributed by atoms with Crippen LogP contribution >= 0.6 is 0 Å². The van der Waals surface area contributed by atoms with Gasteiger partial charge in [-0.05, 0) is 44.8 Å². The second-order valence-electron chi connectivity index (χ2n) is 4.91. The summed E-state index contributed by atoms with van der Waals surface area (Å²) < 4.78 is 0. The molecule has 1 fully saturated rings. The number of nitrogens with one attached hydrogen (secondary N) is 1. The highest BCUT2D eigenvalue weighted by atomic mass is 15.1. The number of rotatable bonds is 6. The fraction of sp³-hybridized carbons (Fsp3) is 0.833. The van der Waals surface area contributed by atoms with Gasteiger partial charge in [-0.25, -0.2) is 0 Å². The molecule has 0 aliphatic carbocycles. The molecule has 0 aromatic carbocycles. The fourth-order valence-corrected chi connectivity index (χ4v) is 2.24. The Hall–Kier alpha value is -0.340. The van der Waals surface area contributed by atoms with Crippen molar-refractivity contribution in [2.24, 2.45) is 5.41 Å². The molecule has 1 rings (SSSR count). The van der Waals surface area contributed by atoms with Crippen molar-refractivity contribution in [3.05, 3.63) is 12.7 Å². The van der Waals surface area contributed by atoms with E-state index in [4.69, 9.17) is 0 Å². The van der Waals surface area contributed by atoms with Crippen LogP contribution in [0.2, 0.25) is 0 Å². The van der Waals surface area contributed by atoms with Crippen LogP contribution in [0.3, 0.4) is 0 Å². The van der Waals surface area contributed by atoms with Crippen molar-refractivity contribution in [1.29, 1.82) is 0 Å². The van der Waals surface area contributed by atoms with Crippen LogP contribution < -0.4 is 5.32 Å². The van der Waals surface area contributed by atoms with Gasteiger partial charge >= 0.3 is 0 Å². The molecular weight excluding hydrogens is 172 g/mol. The normalized spacial score (nSPS) is 27.1. The Morgan fingerprint density at radius 2 is 2.36 bits per heavy atom. The molecular formula is C12H24N2. The molecule has 1 heterocycles. The average Bonchev–Trinajstić information content (AvgIpc) is 2.52. The maximum absolute atomic E-state index is 3.75. The summed E-state index contributed by atoms with van der Waals surface area (Å²) in [7, 11) is 2.23. The predicted octanol–water partition coefficient (Wildman–Crippen LogP) is 1.88. The zero-order chi connectivity index (χ0) is 10.4. The number of hydrogen-bond acceptors (Lipinski definition) is 2. The molecule has 1 atom stereocenters. The molecule has 0 aromatic rings. The first kappa shape index (κ1) is 11.7. The SMILES string of the molecule is C=CCCCN(C)CC1(C)CCNC1. The molecule has 1 N–H and O–H groups in total. The summed E-state index contributed by atoms with van der Waals surface area (Å²) in [5.41, 5.74) is 0.503. The highest BCUT2D eigenvalue weighted by molar-refractivity contribution is 4.86. The lowest BCUT2D eigenvalue weighted by Gasteiger charge is -2.29. The maximum atomic E-state index is 3.75. The van der Waals surface area contributed by atoms with E-state index >= 15 is 0 Å². The first-order chi connectivity index (χ1) is 6.66. The number of hydrogen-bond donors (Lipinski definition) is 1. The third kappa shape index (κ3) is 3.81. The fourth-order valence-electron chi connectivity index (χ4n) is 2.24. The van der Waals surface area contributed by atoms with Gasteiger partial charge in [-0.1, -0.05) is 13.0 Å². The molecule has 1 unspecified atom stereocenters. The van der Waals surface area contributed by atoms with Gasteiger partial charge in [0.25, 0.3) is 0 Å². The molecule has 1 aliphatic heterocycles. The lowest BCUT2D eigenvalue weighted by Crippen LogP contribution is -2.35. The van der Waals surface area contributed by atoms with Crippen LogP contribution in [0.1, 0.15) is 26.2 Å². The van der Waals surface area contributed by atoms with E-state index in [1.165, 1.54) is 39.0 Å². The monoisotopic (exact) mass is 196 g/mol. The van der Waals surface area contributed by atoms with Gasteiger partial charge in [-0.3, -0.25) is 0 Å². The topological polar surface area (TPSA) is 15.3 Å². The van der Waals surface area contributed by atoms with Gasteiger partial charge in [-0.2, -0.15) is 0 Å². The summed E-state index contributed by atoms with van der Waals surface area (Å²) in [5.74, 6) is 0. The van der Waals surface area contributed by atoms with Crippen LogP contribution in [-0.2, 0) is 0 Å². The Kier molecular flexibility index (Phi) is 4.63. The Balaban J connectivity index is 2.18. The van der Waals surface area contributed by atoms with Gasteiger partial charge in [-0.15, -0.1) is 6.58 Å². The van der Waals surface area contributed by atoms with Crippen molar-refractivity contribution in [2.75, 3.05) is 33.2 Å². The number of nitrogens with zero attached hydrogens (tertiary/aromatic N) is 1. The third-order valence-electron chi connectivity index (χ3n) is 3.06. The van der Waals surface area contributed by atoms with Crippen molar-refractivity contribution in [2.45, 2.75) is 26.2 Å². The molecule has 2 nitrogen and oxygen atoms in total. The second-order valence-corrected chi connectivity index (χ2v) is 4.91. The zero-order valence-electron chi connectivity index (χ0n) is 9.68. The van der Waals surface area contributed by atoms with E-state index in [9.17, 15) is 0 Å². The molecule has 0 amide bonds. The minimum absolute atomic E-state index is 0.503. The molecule has 1 aliphatic rings. The summed E-state index contributed by atoms with van der Waals surface area (Å²) in [6.45, 7) is 10.9. The van der Waals surface area contributed by atoms with Gasteiger partial charge < -0.3 is 10.2 Å². The first-order valence-electron chi connectivity index (χ1n) is 5.66. The minimum Gasteiger partial charge on any atom is -0.316 e. The molecule has 1 saturated heterocycles. The summed E-state index contributed by atoms with van der Waals surface area (Å²) in [4.78, 5) is 2.45. The average molecular weight is 196 g/mol. The highest BCUT2D eigenvalue weighted by Gasteiger charge is 2.29. The van der Waals surface area contributed by atoms with Gasteiger partial charge in [0.2, 0.25) is 0 Å². The zero-order valence-corrected chi connectivity index (χ0v) is 9.68. The van der Waals surface area contributed by atoms with Crippen LogP contribution in [0.15, 0.2) is 12.7 Å². The Labute approximate surface area is 88.4 Å². The van der Waals surface area contributed by atoms with E-state index in [1.807, 2.05) is 6.08 Å². The minimum atomic E-state index is 0.503. The molecule has 2 heteroatoms. The van der Waals surface area contributed by atoms with Gasteiger partial charge in [0.05, 0.1) is 0 Å². The summed E-state index contributed by atoms with van der Waals surface area (Å²) in [6.07, 6.45) is 5.70. The van der Waals surface area contributed by atoms with E-state index in [2.05, 4.69) is 30.8 Å². The summed E-state index contributed by atoms with van der Waals surface area (Å²) in [6, 6.07) is 0. The molecule has 0 bridgehead atoms. The van der Waals surface area contributed by atoms with Crippen LogP contribution in [0, 0.1) is 5.41 Å². The van der Waals surface area contributed by atoms with Crippen LogP contribution in [0.4, 0.5) is 0 Å². The van der Waals surface area contributed by atoms with E-state index in [0.29, 0.717) is 5.41 Å². The van der Waals surface area contributed by atoms with Gasteiger partial charge in [0.15, 0.2) is 0 Å². The first-order valence-corrected chi connectivity index (χ1v) is 5.66. The molecule has 0 spiro atoms. The van der Waals surface area contributed by atoms with Gasteiger partial charge in [0, 0.05) is 13.1 Å². The molecule has 82 valence electrons. The van der Waals surface area contributed by atoms with Crippen LogP contribution in [0.5, 0.6) is 0 Å². The number of allylic oxidation sites excluding steroid dienone is 1. The maximum Gasteiger partial charge on any atom is 0.00449 e. The van der Waals surface area contributed by atoms with Crippen molar-refractivity contribution < 1.29 is 0 Å². The van der Waals surface area contributed by atoms with Crippen molar-refractivity contribution >= 4 is 0 Å². The Bertz CT molecular complexity index is 171. The molecule has 0 saturated carbocycles. The molecule has 0 aromatic heterocycles. The molecule has 0 radical (unpaired) electrons. The molecule has 14 heavy (non-hydrogen) atoms. The van der Waals surface area contributed by atoms with E-state index in [-0.39, 0.29) is 0 Å². The lowest BCUT2D eigenvalue weighted by molar-refractivity contribution is 0.208. The van der Waals surface area contributed by atoms with Crippen molar-refractivity contribution in [3.63, 3.8) is 0 Å². The van der Waals surface area contributed by atoms with Crippen LogP contribution in [-0.4, -0.2) is 38.1 Å². The smallest absolute Gasteiger partial charge is 0.00449 e. The largest absolute Gasteiger partial charge is 0.316 e. The summed E-state index contributed by atoms with van der Waals surface area (Å²) >= 11 is 0. The van der Waals surface area contributed by atoms with Gasteiger partial charge in [0.1, 0.15) is 0 Å². The van der Waals surface area contributed by atoms with E-state index < -0.39 is 0 Å². The Morgan fingerprint density at radius 3 is 2.93 bits per heavy atom. The highest BCUT2D eigenvalue weighted by Crippen LogP contribution is 2.25. The van der Waals surface area contributed by atoms with Crippen molar-refractivity contribution in [1.82, 2.24) is 10.2 Å². The lowest BCUT2D eigenvalue weighted by atomic mass is 9.89. The van der Waals surface area contributed by atoms with Crippen molar-refractivity contribution in [3.8, 4) is 0 Å². The van der Waals surface area contributed by atoms with Crippen LogP contribution in [0.25, 0.3) is 0 Å². The predicted molar refractivity (Wildman–Crippen MR) is 62.5 cm³/mol. The van der Waals surface area contributed by atoms with E-state index in [1.54, 1.807) is 0 Å². The summed E-state index contributed by atoms with van der Waals surface area (Å²) in [5, 5.41) is 3.44. The third-order valence-corrected chi connectivity index (χ3v) is 3.06. The number of unbranched alkanes of at least 4 members (excludes halogenated alkanes) is 1. The quantitative estimate of drug-likeness (QED) is 0.515. The Morgan fingerprint density at radius 1 is 1.57 bits per heavy atom.